The van der Waals surface area contributed by atoms with Gasteiger partial charge < -0.3 is 10.5 Å². The van der Waals surface area contributed by atoms with E-state index in [1.807, 2.05) is 44.2 Å². The summed E-state index contributed by atoms with van der Waals surface area (Å²) in [5.74, 6) is -0.210. The quantitative estimate of drug-likeness (QED) is 0.787. The smallest absolute Gasteiger partial charge is 0.266 e. The lowest BCUT2D eigenvalue weighted by Crippen LogP contribution is -2.23. The van der Waals surface area contributed by atoms with Crippen LogP contribution in [0.3, 0.4) is 0 Å². The lowest BCUT2D eigenvalue weighted by molar-refractivity contribution is -0.121. The minimum atomic E-state index is -0.559. The number of hydrogen-bond acceptors (Lipinski definition) is 5. The number of nitrogens with zero attached hydrogens (tertiary/aromatic N) is 2. The molecule has 0 saturated carbocycles. The van der Waals surface area contributed by atoms with Gasteiger partial charge in [-0.05, 0) is 61.0 Å². The Labute approximate surface area is 168 Å². The van der Waals surface area contributed by atoms with Gasteiger partial charge >= 0.3 is 0 Å². The number of carbonyl (C=O) groups is 2. The second-order valence-electron chi connectivity index (χ2n) is 6.43. The van der Waals surface area contributed by atoms with Gasteiger partial charge in [0.25, 0.3) is 11.8 Å². The van der Waals surface area contributed by atoms with Gasteiger partial charge in [-0.15, -0.1) is 0 Å². The molecule has 1 heterocycles. The molecule has 2 aromatic rings. The number of thioether (sulfide) groups is 1. The minimum Gasteiger partial charge on any atom is -0.483 e. The lowest BCUT2D eigenvalue weighted by atomic mass is 10.1. The molecule has 0 radical (unpaired) electrons. The number of aliphatic imine (C=N–C) groups is 1. The average molecular weight is 395 g/mol. The Balaban J connectivity index is 1.88. The Morgan fingerprint density at radius 2 is 1.96 bits per heavy atom. The molecular formula is C21H21N3O3S. The van der Waals surface area contributed by atoms with Crippen molar-refractivity contribution in [3.63, 3.8) is 0 Å². The number of hydrogen-bond donors (Lipinski definition) is 1. The second kappa shape index (κ2) is 8.31. The summed E-state index contributed by atoms with van der Waals surface area (Å²) in [5, 5.41) is 0.607. The van der Waals surface area contributed by atoms with Crippen molar-refractivity contribution in [2.24, 2.45) is 10.7 Å². The van der Waals surface area contributed by atoms with Crippen LogP contribution in [0.15, 0.2) is 52.4 Å². The van der Waals surface area contributed by atoms with Crippen LogP contribution in [0, 0.1) is 13.8 Å². The zero-order chi connectivity index (χ0) is 20.3. The molecule has 0 unspecified atom stereocenters. The highest BCUT2D eigenvalue weighted by Crippen LogP contribution is 2.34. The number of para-hydroxylation sites is 1. The first-order valence-electron chi connectivity index (χ1n) is 8.69. The SMILES string of the molecule is Cc1ccc(N=C2S/C(=C/c3ccccc3OCC(N)=O)C(=O)N2C)cc1C. The fourth-order valence-electron chi connectivity index (χ4n) is 2.58. The Morgan fingerprint density at radius 3 is 2.68 bits per heavy atom. The molecule has 0 atom stereocenters. The molecule has 2 aromatic carbocycles. The summed E-state index contributed by atoms with van der Waals surface area (Å²) in [6, 6.07) is 13.1. The van der Waals surface area contributed by atoms with Crippen LogP contribution in [-0.2, 0) is 9.59 Å². The van der Waals surface area contributed by atoms with E-state index in [1.54, 1.807) is 25.3 Å². The van der Waals surface area contributed by atoms with Crippen molar-refractivity contribution in [2.45, 2.75) is 13.8 Å². The third kappa shape index (κ3) is 4.43. The van der Waals surface area contributed by atoms with Gasteiger partial charge in [0.1, 0.15) is 5.75 Å². The van der Waals surface area contributed by atoms with Gasteiger partial charge in [0.05, 0.1) is 10.6 Å². The number of amidine groups is 1. The summed E-state index contributed by atoms with van der Waals surface area (Å²) in [6.45, 7) is 3.86. The van der Waals surface area contributed by atoms with E-state index in [4.69, 9.17) is 10.5 Å². The first kappa shape index (κ1) is 19.7. The van der Waals surface area contributed by atoms with E-state index >= 15 is 0 Å². The predicted molar refractivity (Wildman–Crippen MR) is 112 cm³/mol. The lowest BCUT2D eigenvalue weighted by Gasteiger charge is -2.08. The van der Waals surface area contributed by atoms with Crippen LogP contribution >= 0.6 is 11.8 Å². The second-order valence-corrected chi connectivity index (χ2v) is 7.44. The highest BCUT2D eigenvalue weighted by atomic mass is 32.2. The van der Waals surface area contributed by atoms with Crippen molar-refractivity contribution in [1.29, 1.82) is 0 Å². The molecule has 0 spiro atoms. The molecule has 1 fully saturated rings. The molecule has 0 aliphatic carbocycles. The molecule has 0 aromatic heterocycles. The van der Waals surface area contributed by atoms with Gasteiger partial charge in [0, 0.05) is 12.6 Å². The zero-order valence-electron chi connectivity index (χ0n) is 15.9. The number of benzene rings is 2. The summed E-state index contributed by atoms with van der Waals surface area (Å²) in [4.78, 5) is 30.3. The maximum Gasteiger partial charge on any atom is 0.266 e. The number of nitrogens with two attached hydrogens (primary N) is 1. The number of likely N-dealkylation sites (N-methyl/N-ethyl adjacent to an activating group) is 1. The van der Waals surface area contributed by atoms with Crippen molar-refractivity contribution < 1.29 is 14.3 Å². The molecular weight excluding hydrogens is 374 g/mol. The average Bonchev–Trinajstić information content (AvgIpc) is 2.92. The Hall–Kier alpha value is -3.06. The van der Waals surface area contributed by atoms with Crippen LogP contribution in [0.1, 0.15) is 16.7 Å². The van der Waals surface area contributed by atoms with Gasteiger partial charge in [-0.1, -0.05) is 24.3 Å². The maximum absolute atomic E-state index is 12.6. The van der Waals surface area contributed by atoms with Gasteiger partial charge in [0.15, 0.2) is 11.8 Å². The molecule has 3 rings (SSSR count). The normalized spacial score (nSPS) is 16.8. The largest absolute Gasteiger partial charge is 0.483 e. The van der Waals surface area contributed by atoms with Crippen LogP contribution in [-0.4, -0.2) is 35.5 Å². The van der Waals surface area contributed by atoms with Crippen molar-refractivity contribution in [3.8, 4) is 5.75 Å². The van der Waals surface area contributed by atoms with Gasteiger partial charge in [-0.2, -0.15) is 0 Å². The standard InChI is InChI=1S/C21H21N3O3S/c1-13-8-9-16(10-14(13)2)23-21-24(3)20(26)18(28-21)11-15-6-4-5-7-17(15)27-12-19(22)25/h4-11H,12H2,1-3H3,(H2,22,25)/b18-11+,23-21?. The Bertz CT molecular complexity index is 998. The third-order valence-corrected chi connectivity index (χ3v) is 5.35. The fraction of sp³-hybridized carbons (Fsp3) is 0.190. The summed E-state index contributed by atoms with van der Waals surface area (Å²) in [5.41, 5.74) is 8.99. The van der Waals surface area contributed by atoms with Crippen molar-refractivity contribution in [1.82, 2.24) is 4.90 Å². The van der Waals surface area contributed by atoms with Crippen LogP contribution in [0.5, 0.6) is 5.75 Å². The minimum absolute atomic E-state index is 0.141. The first-order chi connectivity index (χ1) is 13.3. The van der Waals surface area contributed by atoms with Gasteiger partial charge in [-0.25, -0.2) is 4.99 Å². The number of amides is 2. The number of ether oxygens (including phenoxy) is 1. The number of rotatable bonds is 5. The number of carbonyl (C=O) groups excluding carboxylic acids is 2. The van der Waals surface area contributed by atoms with Crippen LogP contribution in [0.25, 0.3) is 6.08 Å². The number of primary amides is 1. The fourth-order valence-corrected chi connectivity index (χ4v) is 3.56. The molecule has 28 heavy (non-hydrogen) atoms. The summed E-state index contributed by atoms with van der Waals surface area (Å²) >= 11 is 1.30. The molecule has 144 valence electrons. The maximum atomic E-state index is 12.6. The van der Waals surface area contributed by atoms with Crippen molar-refractivity contribution in [3.05, 3.63) is 64.1 Å². The predicted octanol–water partition coefficient (Wildman–Crippen LogP) is 3.40. The Kier molecular flexibility index (Phi) is 5.84. The van der Waals surface area contributed by atoms with E-state index < -0.39 is 5.91 Å². The zero-order valence-corrected chi connectivity index (χ0v) is 16.7. The highest BCUT2D eigenvalue weighted by molar-refractivity contribution is 8.18. The van der Waals surface area contributed by atoms with Gasteiger partial charge in [0.2, 0.25) is 0 Å². The van der Waals surface area contributed by atoms with E-state index in [9.17, 15) is 9.59 Å². The molecule has 1 saturated heterocycles. The van der Waals surface area contributed by atoms with Crippen molar-refractivity contribution >= 4 is 40.5 Å². The molecule has 0 bridgehead atoms. The van der Waals surface area contributed by atoms with E-state index in [0.29, 0.717) is 21.4 Å². The molecule has 6 nitrogen and oxygen atoms in total. The monoisotopic (exact) mass is 395 g/mol. The summed E-state index contributed by atoms with van der Waals surface area (Å²) < 4.78 is 5.43. The van der Waals surface area contributed by atoms with Crippen LogP contribution in [0.4, 0.5) is 5.69 Å². The van der Waals surface area contributed by atoms with E-state index in [-0.39, 0.29) is 12.5 Å². The molecule has 1 aliphatic heterocycles. The first-order valence-corrected chi connectivity index (χ1v) is 9.50. The van der Waals surface area contributed by atoms with Crippen LogP contribution < -0.4 is 10.5 Å². The third-order valence-electron chi connectivity index (χ3n) is 4.29. The summed E-state index contributed by atoms with van der Waals surface area (Å²) in [7, 11) is 1.70. The molecule has 7 heteroatoms. The van der Waals surface area contributed by atoms with Crippen LogP contribution in [0.2, 0.25) is 0 Å². The molecule has 1 aliphatic rings. The van der Waals surface area contributed by atoms with Crippen molar-refractivity contribution in [2.75, 3.05) is 13.7 Å². The topological polar surface area (TPSA) is 85.0 Å². The molecule has 2 amide bonds. The Morgan fingerprint density at radius 1 is 1.21 bits per heavy atom. The van der Waals surface area contributed by atoms with E-state index in [1.165, 1.54) is 22.2 Å². The summed E-state index contributed by atoms with van der Waals surface area (Å²) in [6.07, 6.45) is 1.74. The van der Waals surface area contributed by atoms with Gasteiger partial charge in [-0.3, -0.25) is 14.5 Å². The van der Waals surface area contributed by atoms with E-state index in [0.717, 1.165) is 11.3 Å². The molecule has 2 N–H and O–H groups in total. The highest BCUT2D eigenvalue weighted by Gasteiger charge is 2.30. The van der Waals surface area contributed by atoms with E-state index in [2.05, 4.69) is 4.99 Å². The number of aryl methyl sites for hydroxylation is 2.